The molecule has 1 atom stereocenters. The summed E-state index contributed by atoms with van der Waals surface area (Å²) in [6, 6.07) is 13.9. The molecule has 0 aliphatic carbocycles. The van der Waals surface area contributed by atoms with E-state index in [-0.39, 0.29) is 10.7 Å². The van der Waals surface area contributed by atoms with Crippen LogP contribution in [0.2, 0.25) is 0 Å². The standard InChI is InChI=1S/C17H14BrNO/c18-17-7-3-4-10-19(17)12-16(20)15-9-8-13-5-1-2-6-14(13)11-15/h1-11,17H,12H2. The number of fused-ring (bicyclic) bond motifs is 1. The third-order valence-electron chi connectivity index (χ3n) is 3.37. The molecule has 20 heavy (non-hydrogen) atoms. The summed E-state index contributed by atoms with van der Waals surface area (Å²) in [6.07, 6.45) is 7.84. The molecule has 1 aliphatic rings. The highest BCUT2D eigenvalue weighted by atomic mass is 79.9. The minimum absolute atomic E-state index is 0.0805. The SMILES string of the molecule is O=C(CN1C=CC=CC1Br)c1ccc2ccccc2c1. The lowest BCUT2D eigenvalue weighted by Crippen LogP contribution is -2.31. The first-order valence-corrected chi connectivity index (χ1v) is 7.42. The van der Waals surface area contributed by atoms with E-state index >= 15 is 0 Å². The Morgan fingerprint density at radius 3 is 2.70 bits per heavy atom. The van der Waals surface area contributed by atoms with Crippen LogP contribution in [0.5, 0.6) is 0 Å². The lowest BCUT2D eigenvalue weighted by atomic mass is 10.0. The number of Topliss-reactive ketones (excluding diaryl/α,β-unsaturated/α-hetero) is 1. The van der Waals surface area contributed by atoms with Crippen molar-refractivity contribution in [3.05, 3.63) is 72.5 Å². The van der Waals surface area contributed by atoms with E-state index < -0.39 is 0 Å². The maximum atomic E-state index is 12.4. The fourth-order valence-electron chi connectivity index (χ4n) is 2.27. The van der Waals surface area contributed by atoms with E-state index in [4.69, 9.17) is 0 Å². The summed E-state index contributed by atoms with van der Waals surface area (Å²) >= 11 is 3.53. The number of halogens is 1. The minimum atomic E-state index is 0.0805. The van der Waals surface area contributed by atoms with Gasteiger partial charge in [0.2, 0.25) is 0 Å². The predicted octanol–water partition coefficient (Wildman–Crippen LogP) is 4.13. The van der Waals surface area contributed by atoms with Gasteiger partial charge in [0.05, 0.1) is 6.54 Å². The lowest BCUT2D eigenvalue weighted by molar-refractivity contribution is 0.0956. The molecule has 1 unspecified atom stereocenters. The molecule has 2 aromatic rings. The summed E-state index contributed by atoms with van der Waals surface area (Å²) in [5, 5.41) is 2.26. The van der Waals surface area contributed by atoms with Crippen molar-refractivity contribution in [1.29, 1.82) is 0 Å². The van der Waals surface area contributed by atoms with Gasteiger partial charge in [-0.3, -0.25) is 4.79 Å². The Morgan fingerprint density at radius 1 is 1.10 bits per heavy atom. The van der Waals surface area contributed by atoms with Crippen LogP contribution in [0, 0.1) is 0 Å². The summed E-state index contributed by atoms with van der Waals surface area (Å²) in [5.41, 5.74) is 0.756. The number of carbonyl (C=O) groups excluding carboxylic acids is 1. The zero-order valence-electron chi connectivity index (χ0n) is 10.9. The maximum absolute atomic E-state index is 12.4. The third-order valence-corrected chi connectivity index (χ3v) is 4.20. The Labute approximate surface area is 126 Å². The van der Waals surface area contributed by atoms with Gasteiger partial charge in [-0.05, 0) is 22.9 Å². The average molecular weight is 328 g/mol. The summed E-state index contributed by atoms with van der Waals surface area (Å²) in [5.74, 6) is 0.125. The third kappa shape index (κ3) is 2.68. The van der Waals surface area contributed by atoms with E-state index in [1.54, 1.807) is 0 Å². The van der Waals surface area contributed by atoms with E-state index in [1.807, 2.05) is 65.7 Å². The number of carbonyl (C=O) groups is 1. The molecule has 0 saturated carbocycles. The molecule has 0 N–H and O–H groups in total. The molecule has 1 aliphatic heterocycles. The van der Waals surface area contributed by atoms with Crippen LogP contribution in [0.4, 0.5) is 0 Å². The van der Waals surface area contributed by atoms with E-state index in [0.717, 1.165) is 16.3 Å². The summed E-state index contributed by atoms with van der Waals surface area (Å²) in [4.78, 5) is 14.4. The topological polar surface area (TPSA) is 20.3 Å². The zero-order valence-corrected chi connectivity index (χ0v) is 12.5. The largest absolute Gasteiger partial charge is 0.354 e. The van der Waals surface area contributed by atoms with Gasteiger partial charge >= 0.3 is 0 Å². The highest BCUT2D eigenvalue weighted by molar-refractivity contribution is 9.09. The van der Waals surface area contributed by atoms with Gasteiger partial charge in [-0.15, -0.1) is 0 Å². The number of alkyl halides is 1. The van der Waals surface area contributed by atoms with Crippen LogP contribution in [-0.2, 0) is 0 Å². The van der Waals surface area contributed by atoms with Gasteiger partial charge < -0.3 is 4.90 Å². The monoisotopic (exact) mass is 327 g/mol. The number of ketones is 1. The van der Waals surface area contributed by atoms with Crippen LogP contribution < -0.4 is 0 Å². The van der Waals surface area contributed by atoms with E-state index in [1.165, 1.54) is 0 Å². The Morgan fingerprint density at radius 2 is 1.90 bits per heavy atom. The Balaban J connectivity index is 1.82. The fourth-order valence-corrected chi connectivity index (χ4v) is 2.73. The summed E-state index contributed by atoms with van der Waals surface area (Å²) in [6.45, 7) is 0.370. The van der Waals surface area contributed by atoms with E-state index in [9.17, 15) is 4.79 Å². The highest BCUT2D eigenvalue weighted by Gasteiger charge is 2.16. The molecule has 3 heteroatoms. The van der Waals surface area contributed by atoms with Crippen molar-refractivity contribution in [2.45, 2.75) is 4.95 Å². The molecule has 0 aromatic heterocycles. The van der Waals surface area contributed by atoms with E-state index in [0.29, 0.717) is 6.54 Å². The molecule has 0 amide bonds. The van der Waals surface area contributed by atoms with Gasteiger partial charge in [0.25, 0.3) is 0 Å². The minimum Gasteiger partial charge on any atom is -0.354 e. The number of benzene rings is 2. The van der Waals surface area contributed by atoms with Crippen molar-refractivity contribution in [1.82, 2.24) is 4.90 Å². The molecular formula is C17H14BrNO. The summed E-state index contributed by atoms with van der Waals surface area (Å²) < 4.78 is 0. The van der Waals surface area contributed by atoms with Gasteiger partial charge in [0.15, 0.2) is 5.78 Å². The highest BCUT2D eigenvalue weighted by Crippen LogP contribution is 2.18. The fraction of sp³-hybridized carbons (Fsp3) is 0.118. The van der Waals surface area contributed by atoms with Crippen molar-refractivity contribution in [3.63, 3.8) is 0 Å². The molecule has 100 valence electrons. The molecule has 2 nitrogen and oxygen atoms in total. The number of allylic oxidation sites excluding steroid dienone is 2. The van der Waals surface area contributed by atoms with Crippen molar-refractivity contribution in [2.24, 2.45) is 0 Å². The van der Waals surface area contributed by atoms with Gasteiger partial charge in [0, 0.05) is 11.8 Å². The first kappa shape index (κ1) is 13.1. The van der Waals surface area contributed by atoms with Gasteiger partial charge in [-0.25, -0.2) is 0 Å². The number of nitrogens with zero attached hydrogens (tertiary/aromatic N) is 1. The maximum Gasteiger partial charge on any atom is 0.182 e. The van der Waals surface area contributed by atoms with Crippen molar-refractivity contribution >= 4 is 32.5 Å². The molecule has 0 saturated heterocycles. The predicted molar refractivity (Wildman–Crippen MR) is 86.0 cm³/mol. The Bertz CT molecular complexity index is 705. The second kappa shape index (κ2) is 5.63. The van der Waals surface area contributed by atoms with Crippen LogP contribution >= 0.6 is 15.9 Å². The van der Waals surface area contributed by atoms with Crippen LogP contribution in [-0.4, -0.2) is 22.2 Å². The summed E-state index contributed by atoms with van der Waals surface area (Å²) in [7, 11) is 0. The number of hydrogen-bond acceptors (Lipinski definition) is 2. The van der Waals surface area contributed by atoms with Crippen LogP contribution in [0.3, 0.4) is 0 Å². The van der Waals surface area contributed by atoms with Crippen LogP contribution in [0.1, 0.15) is 10.4 Å². The molecule has 0 fully saturated rings. The quantitative estimate of drug-likeness (QED) is 0.480. The lowest BCUT2D eigenvalue weighted by Gasteiger charge is -2.25. The smallest absolute Gasteiger partial charge is 0.182 e. The van der Waals surface area contributed by atoms with Crippen molar-refractivity contribution in [2.75, 3.05) is 6.54 Å². The molecule has 0 spiro atoms. The normalized spacial score (nSPS) is 17.6. The van der Waals surface area contributed by atoms with Gasteiger partial charge in [-0.2, -0.15) is 0 Å². The molecule has 3 rings (SSSR count). The average Bonchev–Trinajstić information content (AvgIpc) is 2.49. The Hall–Kier alpha value is -1.87. The first-order valence-electron chi connectivity index (χ1n) is 6.51. The molecular weight excluding hydrogens is 314 g/mol. The van der Waals surface area contributed by atoms with Crippen molar-refractivity contribution in [3.8, 4) is 0 Å². The van der Waals surface area contributed by atoms with Crippen molar-refractivity contribution < 1.29 is 4.79 Å². The zero-order chi connectivity index (χ0) is 13.9. The van der Waals surface area contributed by atoms with E-state index in [2.05, 4.69) is 22.0 Å². The van der Waals surface area contributed by atoms with Crippen LogP contribution in [0.15, 0.2) is 66.9 Å². The Kier molecular flexibility index (Phi) is 3.70. The molecule has 1 heterocycles. The van der Waals surface area contributed by atoms with Gasteiger partial charge in [0.1, 0.15) is 4.95 Å². The van der Waals surface area contributed by atoms with Crippen LogP contribution in [0.25, 0.3) is 10.8 Å². The second-order valence-electron chi connectivity index (χ2n) is 4.76. The molecule has 0 radical (unpaired) electrons. The second-order valence-corrected chi connectivity index (χ2v) is 5.69. The number of rotatable bonds is 3. The number of hydrogen-bond donors (Lipinski definition) is 0. The molecule has 2 aromatic carbocycles. The van der Waals surface area contributed by atoms with Gasteiger partial charge in [-0.1, -0.05) is 64.5 Å². The first-order chi connectivity index (χ1) is 9.74. The molecule has 0 bridgehead atoms.